The number of aliphatic hydroxyl groups is 1. The van der Waals surface area contributed by atoms with Crippen molar-refractivity contribution < 1.29 is 10.0 Å². The summed E-state index contributed by atoms with van der Waals surface area (Å²) < 4.78 is 0. The van der Waals surface area contributed by atoms with Crippen LogP contribution in [0.1, 0.15) is 11.1 Å². The van der Waals surface area contributed by atoms with E-state index >= 15 is 0 Å². The number of hydrogen-bond donors (Lipinski definition) is 1. The van der Waals surface area contributed by atoms with Crippen LogP contribution in [-0.2, 0) is 6.42 Å². The van der Waals surface area contributed by atoms with E-state index in [0.717, 1.165) is 5.56 Å². The first-order chi connectivity index (χ1) is 8.68. The Bertz CT molecular complexity index is 540. The molecule has 0 aliphatic heterocycles. The molecule has 0 atom stereocenters. The Hall–Kier alpha value is -2.20. The van der Waals surface area contributed by atoms with E-state index in [9.17, 15) is 15.2 Å². The van der Waals surface area contributed by atoms with Gasteiger partial charge in [0.05, 0.1) is 10.5 Å². The molecule has 0 saturated heterocycles. The molecular weight excluding hydrogens is 230 g/mol. The molecular formula is C14H12NO3. The lowest BCUT2D eigenvalue weighted by Gasteiger charge is -2.09. The first kappa shape index (κ1) is 12.3. The van der Waals surface area contributed by atoms with Crippen molar-refractivity contribution in [2.24, 2.45) is 0 Å². The Morgan fingerprint density at radius 1 is 1.06 bits per heavy atom. The van der Waals surface area contributed by atoms with Crippen LogP contribution in [0.5, 0.6) is 0 Å². The van der Waals surface area contributed by atoms with E-state index in [0.29, 0.717) is 0 Å². The third-order valence-corrected chi connectivity index (χ3v) is 2.63. The molecule has 1 N–H and O–H groups in total. The maximum absolute atomic E-state index is 10.9. The van der Waals surface area contributed by atoms with Crippen LogP contribution in [0.2, 0.25) is 0 Å². The van der Waals surface area contributed by atoms with Crippen molar-refractivity contribution >= 4 is 5.69 Å². The van der Waals surface area contributed by atoms with Gasteiger partial charge in [-0.3, -0.25) is 10.1 Å². The minimum Gasteiger partial charge on any atom is -0.381 e. The van der Waals surface area contributed by atoms with Gasteiger partial charge in [-0.05, 0) is 11.6 Å². The minimum atomic E-state index is -0.490. The molecule has 2 aromatic carbocycles. The van der Waals surface area contributed by atoms with E-state index < -0.39 is 4.92 Å². The Labute approximate surface area is 105 Å². The molecule has 0 amide bonds. The molecule has 0 aliphatic rings. The van der Waals surface area contributed by atoms with Crippen LogP contribution in [0.25, 0.3) is 0 Å². The third-order valence-electron chi connectivity index (χ3n) is 2.63. The third kappa shape index (κ3) is 2.73. The standard InChI is InChI=1S/C14H12NO3/c16-14(10-11-6-2-1-3-7-11)12-8-4-5-9-13(12)15(17)18/h1-9,16H,10H2. The van der Waals surface area contributed by atoms with Crippen LogP contribution in [0, 0.1) is 16.2 Å². The highest BCUT2D eigenvalue weighted by Gasteiger charge is 2.20. The van der Waals surface area contributed by atoms with Gasteiger partial charge < -0.3 is 5.11 Å². The summed E-state index contributed by atoms with van der Waals surface area (Å²) in [7, 11) is 0. The number of nitro benzene ring substituents is 1. The molecule has 0 bridgehead atoms. The van der Waals surface area contributed by atoms with Crippen LogP contribution < -0.4 is 0 Å². The van der Waals surface area contributed by atoms with E-state index in [4.69, 9.17) is 0 Å². The van der Waals surface area contributed by atoms with Gasteiger partial charge in [-0.15, -0.1) is 0 Å². The summed E-state index contributed by atoms with van der Waals surface area (Å²) in [6, 6.07) is 15.5. The van der Waals surface area contributed by atoms with Crippen LogP contribution in [-0.4, -0.2) is 10.0 Å². The fourth-order valence-corrected chi connectivity index (χ4v) is 1.76. The molecule has 0 unspecified atom stereocenters. The Morgan fingerprint density at radius 3 is 2.33 bits per heavy atom. The van der Waals surface area contributed by atoms with Crippen molar-refractivity contribution in [2.45, 2.75) is 6.42 Å². The summed E-state index contributed by atoms with van der Waals surface area (Å²) in [5.41, 5.74) is 1.10. The van der Waals surface area contributed by atoms with Crippen LogP contribution >= 0.6 is 0 Å². The second kappa shape index (κ2) is 5.42. The number of para-hydroxylation sites is 1. The van der Waals surface area contributed by atoms with Gasteiger partial charge in [-0.2, -0.15) is 0 Å². The van der Waals surface area contributed by atoms with Crippen molar-refractivity contribution in [3.63, 3.8) is 0 Å². The van der Waals surface area contributed by atoms with E-state index in [1.807, 2.05) is 30.3 Å². The van der Waals surface area contributed by atoms with E-state index in [1.165, 1.54) is 6.07 Å². The molecule has 0 spiro atoms. The summed E-state index contributed by atoms with van der Waals surface area (Å²) in [5, 5.41) is 20.9. The van der Waals surface area contributed by atoms with Gasteiger partial charge in [-0.25, -0.2) is 0 Å². The molecule has 18 heavy (non-hydrogen) atoms. The number of aliphatic hydroxyl groups excluding tert-OH is 1. The van der Waals surface area contributed by atoms with Crippen LogP contribution in [0.3, 0.4) is 0 Å². The minimum absolute atomic E-state index is 0.00787. The van der Waals surface area contributed by atoms with Crippen molar-refractivity contribution in [3.8, 4) is 0 Å². The zero-order chi connectivity index (χ0) is 13.0. The second-order valence-corrected chi connectivity index (χ2v) is 3.88. The fourth-order valence-electron chi connectivity index (χ4n) is 1.76. The largest absolute Gasteiger partial charge is 0.381 e. The normalized spacial score (nSPS) is 10.6. The summed E-state index contributed by atoms with van der Waals surface area (Å²) in [6.07, 6.45) is 0.291. The molecule has 2 aromatic rings. The lowest BCUT2D eigenvalue weighted by molar-refractivity contribution is -0.385. The summed E-state index contributed by atoms with van der Waals surface area (Å²) >= 11 is 0. The van der Waals surface area contributed by atoms with Crippen molar-refractivity contribution in [1.29, 1.82) is 0 Å². The van der Waals surface area contributed by atoms with Gasteiger partial charge in [-0.1, -0.05) is 42.5 Å². The van der Waals surface area contributed by atoms with Crippen molar-refractivity contribution in [3.05, 3.63) is 81.9 Å². The highest BCUT2D eigenvalue weighted by molar-refractivity contribution is 5.47. The molecule has 4 heteroatoms. The van der Waals surface area contributed by atoms with Gasteiger partial charge in [0.25, 0.3) is 5.69 Å². The first-order valence-corrected chi connectivity index (χ1v) is 5.51. The van der Waals surface area contributed by atoms with Gasteiger partial charge in [0.2, 0.25) is 0 Å². The smallest absolute Gasteiger partial charge is 0.275 e. The second-order valence-electron chi connectivity index (χ2n) is 3.88. The lowest BCUT2D eigenvalue weighted by Crippen LogP contribution is -2.06. The molecule has 0 aliphatic carbocycles. The van der Waals surface area contributed by atoms with Crippen LogP contribution in [0.4, 0.5) is 5.69 Å². The number of nitrogens with zero attached hydrogens (tertiary/aromatic N) is 1. The molecule has 1 radical (unpaired) electrons. The van der Waals surface area contributed by atoms with Crippen molar-refractivity contribution in [2.75, 3.05) is 0 Å². The lowest BCUT2D eigenvalue weighted by atomic mass is 10.0. The number of benzene rings is 2. The molecule has 91 valence electrons. The maximum atomic E-state index is 10.9. The molecule has 4 nitrogen and oxygen atoms in total. The molecule has 2 rings (SSSR count). The average molecular weight is 242 g/mol. The Morgan fingerprint density at radius 2 is 1.67 bits per heavy atom. The molecule has 0 heterocycles. The predicted molar refractivity (Wildman–Crippen MR) is 67.5 cm³/mol. The SMILES string of the molecule is O=[N+]([O-])c1ccccc1[C](O)Cc1ccccc1. The molecule has 0 aromatic heterocycles. The number of nitro groups is 1. The quantitative estimate of drug-likeness (QED) is 0.661. The van der Waals surface area contributed by atoms with Gasteiger partial charge in [0.15, 0.2) is 0 Å². The van der Waals surface area contributed by atoms with E-state index in [1.54, 1.807) is 18.2 Å². The monoisotopic (exact) mass is 242 g/mol. The highest BCUT2D eigenvalue weighted by Crippen LogP contribution is 2.26. The first-order valence-electron chi connectivity index (χ1n) is 5.51. The summed E-state index contributed by atoms with van der Waals surface area (Å²) in [6.45, 7) is 0. The van der Waals surface area contributed by atoms with E-state index in [2.05, 4.69) is 0 Å². The summed E-state index contributed by atoms with van der Waals surface area (Å²) in [4.78, 5) is 10.4. The number of hydrogen-bond acceptors (Lipinski definition) is 3. The molecule has 0 fully saturated rings. The zero-order valence-electron chi connectivity index (χ0n) is 9.61. The summed E-state index contributed by atoms with van der Waals surface area (Å²) in [5.74, 6) is 0. The van der Waals surface area contributed by atoms with E-state index in [-0.39, 0.29) is 23.8 Å². The fraction of sp³-hybridized carbons (Fsp3) is 0.0714. The molecule has 0 saturated carbocycles. The zero-order valence-corrected chi connectivity index (χ0v) is 9.61. The van der Waals surface area contributed by atoms with Crippen LogP contribution in [0.15, 0.2) is 54.6 Å². The predicted octanol–water partition coefficient (Wildman–Crippen LogP) is 3.09. The highest BCUT2D eigenvalue weighted by atomic mass is 16.6. The van der Waals surface area contributed by atoms with Gasteiger partial charge >= 0.3 is 0 Å². The Balaban J connectivity index is 2.24. The number of rotatable bonds is 4. The maximum Gasteiger partial charge on any atom is 0.275 e. The van der Waals surface area contributed by atoms with Gasteiger partial charge in [0.1, 0.15) is 6.10 Å². The van der Waals surface area contributed by atoms with Gasteiger partial charge in [0, 0.05) is 12.5 Å². The topological polar surface area (TPSA) is 63.4 Å². The Kier molecular flexibility index (Phi) is 3.69. The average Bonchev–Trinajstić information content (AvgIpc) is 2.40. The van der Waals surface area contributed by atoms with Crippen molar-refractivity contribution in [1.82, 2.24) is 0 Å².